The number of non-ortho nitro benzene ring substituents is 1. The van der Waals surface area contributed by atoms with Crippen LogP contribution in [0.25, 0.3) is 0 Å². The van der Waals surface area contributed by atoms with Crippen molar-refractivity contribution in [1.29, 1.82) is 0 Å². The third-order valence-electron chi connectivity index (χ3n) is 2.82. The molecule has 10 heteroatoms. The SMILES string of the molecule is CC(=O)OCC(NC(=O)C(Cl)Cl)C(O)c1ccc([N+](=O)[O-])cc1. The van der Waals surface area contributed by atoms with Gasteiger partial charge in [0.25, 0.3) is 11.6 Å². The Balaban J connectivity index is 2.91. The van der Waals surface area contributed by atoms with E-state index in [4.69, 9.17) is 27.9 Å². The molecule has 0 aliphatic carbocycles. The second-order valence-electron chi connectivity index (χ2n) is 4.51. The maximum absolute atomic E-state index is 11.6. The zero-order valence-electron chi connectivity index (χ0n) is 11.9. The third kappa shape index (κ3) is 6.01. The van der Waals surface area contributed by atoms with Gasteiger partial charge in [-0.3, -0.25) is 19.7 Å². The maximum atomic E-state index is 11.6. The molecule has 2 unspecified atom stereocenters. The first-order chi connectivity index (χ1) is 10.7. The molecule has 0 saturated carbocycles. The third-order valence-corrected chi connectivity index (χ3v) is 3.21. The number of aliphatic hydroxyl groups is 1. The first-order valence-electron chi connectivity index (χ1n) is 6.36. The molecule has 0 radical (unpaired) electrons. The van der Waals surface area contributed by atoms with E-state index >= 15 is 0 Å². The van der Waals surface area contributed by atoms with Crippen molar-refractivity contribution in [3.8, 4) is 0 Å². The number of halogens is 2. The number of nitrogens with one attached hydrogen (secondary N) is 1. The Hall–Kier alpha value is -1.90. The van der Waals surface area contributed by atoms with E-state index in [0.717, 1.165) is 0 Å². The fraction of sp³-hybridized carbons (Fsp3) is 0.385. The topological polar surface area (TPSA) is 119 Å². The molecule has 126 valence electrons. The van der Waals surface area contributed by atoms with Crippen LogP contribution in [0.1, 0.15) is 18.6 Å². The summed E-state index contributed by atoms with van der Waals surface area (Å²) in [5.74, 6) is -1.38. The van der Waals surface area contributed by atoms with Crippen LogP contribution in [0.4, 0.5) is 5.69 Å². The number of nitro groups is 1. The summed E-state index contributed by atoms with van der Waals surface area (Å²) < 4.78 is 4.78. The van der Waals surface area contributed by atoms with Gasteiger partial charge in [0.2, 0.25) is 0 Å². The van der Waals surface area contributed by atoms with Crippen molar-refractivity contribution in [2.45, 2.75) is 23.9 Å². The van der Waals surface area contributed by atoms with Gasteiger partial charge in [-0.05, 0) is 17.7 Å². The van der Waals surface area contributed by atoms with Gasteiger partial charge < -0.3 is 15.2 Å². The molecular weight excluding hydrogens is 351 g/mol. The number of carbonyl (C=O) groups excluding carboxylic acids is 2. The van der Waals surface area contributed by atoms with Crippen LogP contribution in [-0.4, -0.2) is 39.4 Å². The first kappa shape index (κ1) is 19.1. The molecule has 2 atom stereocenters. The van der Waals surface area contributed by atoms with Crippen LogP contribution >= 0.6 is 23.2 Å². The normalized spacial score (nSPS) is 13.3. The Morgan fingerprint density at radius 1 is 1.35 bits per heavy atom. The summed E-state index contributed by atoms with van der Waals surface area (Å²) in [5.41, 5.74) is 0.136. The number of aliphatic hydroxyl groups excluding tert-OH is 1. The van der Waals surface area contributed by atoms with Crippen molar-refractivity contribution in [3.05, 3.63) is 39.9 Å². The van der Waals surface area contributed by atoms with Crippen LogP contribution in [0.2, 0.25) is 0 Å². The number of nitro benzene ring substituents is 1. The number of carbonyl (C=O) groups is 2. The number of rotatable bonds is 7. The summed E-state index contributed by atoms with van der Waals surface area (Å²) in [6.45, 7) is 0.850. The van der Waals surface area contributed by atoms with Crippen molar-refractivity contribution < 1.29 is 24.4 Å². The van der Waals surface area contributed by atoms with E-state index in [0.29, 0.717) is 0 Å². The lowest BCUT2D eigenvalue weighted by molar-refractivity contribution is -0.384. The zero-order valence-corrected chi connectivity index (χ0v) is 13.5. The second kappa shape index (κ2) is 8.66. The summed E-state index contributed by atoms with van der Waals surface area (Å²) in [6, 6.07) is 4.04. The van der Waals surface area contributed by atoms with Crippen molar-refractivity contribution in [2.24, 2.45) is 0 Å². The zero-order chi connectivity index (χ0) is 17.6. The number of ether oxygens (including phenoxy) is 1. The fourth-order valence-corrected chi connectivity index (χ4v) is 1.82. The van der Waals surface area contributed by atoms with E-state index in [1.54, 1.807) is 0 Å². The highest BCUT2D eigenvalue weighted by atomic mass is 35.5. The summed E-state index contributed by atoms with van der Waals surface area (Å²) >= 11 is 10.9. The minimum Gasteiger partial charge on any atom is -0.464 e. The van der Waals surface area contributed by atoms with Gasteiger partial charge in [-0.1, -0.05) is 23.2 Å². The predicted octanol–water partition coefficient (Wildman–Crippen LogP) is 1.48. The first-order valence-corrected chi connectivity index (χ1v) is 7.24. The quantitative estimate of drug-likeness (QED) is 0.327. The van der Waals surface area contributed by atoms with Gasteiger partial charge in [-0.15, -0.1) is 0 Å². The minimum atomic E-state index is -1.36. The van der Waals surface area contributed by atoms with E-state index in [2.05, 4.69) is 5.32 Å². The molecule has 0 aliphatic rings. The Kier molecular flexibility index (Phi) is 7.21. The monoisotopic (exact) mass is 364 g/mol. The molecule has 8 nitrogen and oxygen atoms in total. The van der Waals surface area contributed by atoms with Crippen LogP contribution < -0.4 is 5.32 Å². The summed E-state index contributed by atoms with van der Waals surface area (Å²) in [4.78, 5) is 31.1. The van der Waals surface area contributed by atoms with E-state index < -0.39 is 33.8 Å². The summed E-state index contributed by atoms with van der Waals surface area (Å²) in [7, 11) is 0. The van der Waals surface area contributed by atoms with Crippen molar-refractivity contribution in [2.75, 3.05) is 6.61 Å². The van der Waals surface area contributed by atoms with Gasteiger partial charge in [0.15, 0.2) is 4.84 Å². The smallest absolute Gasteiger partial charge is 0.302 e. The van der Waals surface area contributed by atoms with Crippen molar-refractivity contribution in [1.82, 2.24) is 5.32 Å². The minimum absolute atomic E-state index is 0.150. The number of hydrogen-bond donors (Lipinski definition) is 2. The van der Waals surface area contributed by atoms with E-state index in [1.807, 2.05) is 0 Å². The Bertz CT molecular complexity index is 578. The molecule has 1 rings (SSSR count). The Morgan fingerprint density at radius 2 is 1.91 bits per heavy atom. The molecule has 23 heavy (non-hydrogen) atoms. The molecule has 1 amide bonds. The van der Waals surface area contributed by atoms with E-state index in [-0.39, 0.29) is 17.9 Å². The lowest BCUT2D eigenvalue weighted by atomic mass is 10.0. The molecule has 0 bridgehead atoms. The highest BCUT2D eigenvalue weighted by Gasteiger charge is 2.26. The average molecular weight is 365 g/mol. The Labute approximate surface area is 141 Å². The van der Waals surface area contributed by atoms with Gasteiger partial charge in [-0.2, -0.15) is 0 Å². The number of amides is 1. The lowest BCUT2D eigenvalue weighted by Gasteiger charge is -2.24. The molecule has 1 aromatic carbocycles. The summed E-state index contributed by atoms with van der Waals surface area (Å²) in [5, 5.41) is 23.2. The highest BCUT2D eigenvalue weighted by molar-refractivity contribution is 6.53. The molecule has 0 fully saturated rings. The maximum Gasteiger partial charge on any atom is 0.302 e. The van der Waals surface area contributed by atoms with Gasteiger partial charge in [0, 0.05) is 19.1 Å². The lowest BCUT2D eigenvalue weighted by Crippen LogP contribution is -2.45. The Morgan fingerprint density at radius 3 is 2.35 bits per heavy atom. The van der Waals surface area contributed by atoms with Gasteiger partial charge in [0.1, 0.15) is 12.7 Å². The highest BCUT2D eigenvalue weighted by Crippen LogP contribution is 2.21. The van der Waals surface area contributed by atoms with Crippen molar-refractivity contribution >= 4 is 40.8 Å². The molecule has 0 heterocycles. The number of nitrogens with zero attached hydrogens (tertiary/aromatic N) is 1. The molecule has 1 aromatic rings. The van der Waals surface area contributed by atoms with Crippen LogP contribution in [0, 0.1) is 10.1 Å². The summed E-state index contributed by atoms with van der Waals surface area (Å²) in [6.07, 6.45) is -1.29. The van der Waals surface area contributed by atoms with Gasteiger partial charge >= 0.3 is 5.97 Å². The predicted molar refractivity (Wildman–Crippen MR) is 82.1 cm³/mol. The molecule has 0 aliphatic heterocycles. The number of alkyl halides is 2. The molecule has 0 saturated heterocycles. The standard InChI is InChI=1S/C13H14Cl2N2O6/c1-7(18)23-6-10(16-13(20)12(14)15)11(19)8-2-4-9(5-3-8)17(21)22/h2-5,10-12,19H,6H2,1H3,(H,16,20). The van der Waals surface area contributed by atoms with Gasteiger partial charge in [0.05, 0.1) is 11.0 Å². The molecule has 0 spiro atoms. The van der Waals surface area contributed by atoms with Crippen LogP contribution in [0.3, 0.4) is 0 Å². The average Bonchev–Trinajstić information content (AvgIpc) is 2.50. The largest absolute Gasteiger partial charge is 0.464 e. The number of hydrogen-bond acceptors (Lipinski definition) is 6. The molecule has 2 N–H and O–H groups in total. The van der Waals surface area contributed by atoms with Gasteiger partial charge in [-0.25, -0.2) is 0 Å². The van der Waals surface area contributed by atoms with E-state index in [9.17, 15) is 24.8 Å². The molecule has 0 aromatic heterocycles. The van der Waals surface area contributed by atoms with Crippen molar-refractivity contribution in [3.63, 3.8) is 0 Å². The van der Waals surface area contributed by atoms with Crippen LogP contribution in [0.15, 0.2) is 24.3 Å². The van der Waals surface area contributed by atoms with E-state index in [1.165, 1.54) is 31.2 Å². The molecular formula is C13H14Cl2N2O6. The fourth-order valence-electron chi connectivity index (χ4n) is 1.69. The van der Waals surface area contributed by atoms with Crippen LogP contribution in [-0.2, 0) is 14.3 Å². The van der Waals surface area contributed by atoms with Crippen LogP contribution in [0.5, 0.6) is 0 Å². The number of esters is 1. The second-order valence-corrected chi connectivity index (χ2v) is 5.61. The number of benzene rings is 1.